The van der Waals surface area contributed by atoms with Gasteiger partial charge in [0.1, 0.15) is 10.9 Å². The van der Waals surface area contributed by atoms with Gasteiger partial charge < -0.3 is 5.32 Å². The molecule has 0 radical (unpaired) electrons. The van der Waals surface area contributed by atoms with Crippen LogP contribution in [0.1, 0.15) is 40.1 Å². The Kier molecular flexibility index (Phi) is 5.73. The molecular formula is C26H27N3O2S. The van der Waals surface area contributed by atoms with Crippen molar-refractivity contribution in [1.29, 1.82) is 0 Å². The average Bonchev–Trinajstić information content (AvgIpc) is 3.10. The molecule has 5 nitrogen and oxygen atoms in total. The number of hydrogen-bond acceptors (Lipinski definition) is 4. The molecule has 0 saturated heterocycles. The van der Waals surface area contributed by atoms with Gasteiger partial charge in [-0.05, 0) is 75.4 Å². The van der Waals surface area contributed by atoms with Crippen LogP contribution in [0.5, 0.6) is 0 Å². The quantitative estimate of drug-likeness (QED) is 0.427. The van der Waals surface area contributed by atoms with Crippen LogP contribution in [0.25, 0.3) is 21.3 Å². The average molecular weight is 446 g/mol. The van der Waals surface area contributed by atoms with Gasteiger partial charge in [-0.15, -0.1) is 11.3 Å². The summed E-state index contributed by atoms with van der Waals surface area (Å²) in [5, 5.41) is 3.54. The summed E-state index contributed by atoms with van der Waals surface area (Å²) in [7, 11) is 0. The minimum atomic E-state index is -0.702. The van der Waals surface area contributed by atoms with Gasteiger partial charge in [0.2, 0.25) is 5.91 Å². The van der Waals surface area contributed by atoms with Gasteiger partial charge >= 0.3 is 0 Å². The van der Waals surface area contributed by atoms with Crippen LogP contribution in [0.4, 0.5) is 5.69 Å². The van der Waals surface area contributed by atoms with E-state index in [0.29, 0.717) is 10.2 Å². The summed E-state index contributed by atoms with van der Waals surface area (Å²) < 4.78 is 1.43. The Hall–Kier alpha value is -3.25. The zero-order valence-corrected chi connectivity index (χ0v) is 20.1. The zero-order chi connectivity index (χ0) is 23.2. The minimum Gasteiger partial charge on any atom is -0.324 e. The molecule has 0 spiro atoms. The maximum absolute atomic E-state index is 13.6. The highest BCUT2D eigenvalue weighted by atomic mass is 32.1. The molecule has 2 aromatic heterocycles. The fourth-order valence-electron chi connectivity index (χ4n) is 3.89. The van der Waals surface area contributed by atoms with Gasteiger partial charge in [0.05, 0.1) is 11.7 Å². The molecule has 0 saturated carbocycles. The number of thiophene rings is 1. The lowest BCUT2D eigenvalue weighted by atomic mass is 9.99. The number of rotatable bonds is 4. The van der Waals surface area contributed by atoms with E-state index in [2.05, 4.69) is 36.3 Å². The third kappa shape index (κ3) is 3.75. The standard InChI is InChI=1S/C26H27N3O2S/c1-14-10-11-20(12-16(14)3)22-19(6)32-25-23(22)26(31)29(13-27-25)18(5)24(30)28-21-9-7-8-15(2)17(21)4/h7-13,18H,1-6H3,(H,28,30). The highest BCUT2D eigenvalue weighted by Crippen LogP contribution is 2.36. The topological polar surface area (TPSA) is 64.0 Å². The molecule has 0 aliphatic heterocycles. The van der Waals surface area contributed by atoms with Crippen LogP contribution in [0.3, 0.4) is 0 Å². The van der Waals surface area contributed by atoms with Crippen LogP contribution in [-0.2, 0) is 4.79 Å². The van der Waals surface area contributed by atoms with Crippen molar-refractivity contribution in [3.05, 3.63) is 80.2 Å². The molecule has 32 heavy (non-hydrogen) atoms. The normalized spacial score (nSPS) is 12.2. The fourth-order valence-corrected chi connectivity index (χ4v) is 4.89. The van der Waals surface area contributed by atoms with Gasteiger partial charge in [-0.25, -0.2) is 4.98 Å². The monoisotopic (exact) mass is 445 g/mol. The number of anilines is 1. The number of aromatic nitrogens is 2. The largest absolute Gasteiger partial charge is 0.324 e. The minimum absolute atomic E-state index is 0.198. The summed E-state index contributed by atoms with van der Waals surface area (Å²) in [6.45, 7) is 11.9. The van der Waals surface area contributed by atoms with Gasteiger partial charge in [0, 0.05) is 16.1 Å². The van der Waals surface area contributed by atoms with Crippen molar-refractivity contribution in [3.8, 4) is 11.1 Å². The molecule has 4 rings (SSSR count). The van der Waals surface area contributed by atoms with Gasteiger partial charge in [-0.3, -0.25) is 14.2 Å². The summed E-state index contributed by atoms with van der Waals surface area (Å²) in [4.78, 5) is 32.8. The van der Waals surface area contributed by atoms with E-state index in [4.69, 9.17) is 0 Å². The van der Waals surface area contributed by atoms with E-state index in [0.717, 1.165) is 32.8 Å². The molecule has 1 amide bonds. The molecule has 0 bridgehead atoms. The molecular weight excluding hydrogens is 418 g/mol. The molecule has 1 atom stereocenters. The van der Waals surface area contributed by atoms with Crippen molar-refractivity contribution in [2.75, 3.05) is 5.32 Å². The smallest absolute Gasteiger partial charge is 0.263 e. The van der Waals surface area contributed by atoms with Gasteiger partial charge in [0.15, 0.2) is 0 Å². The molecule has 4 aromatic rings. The third-order valence-electron chi connectivity index (χ3n) is 6.27. The van der Waals surface area contributed by atoms with E-state index in [1.807, 2.05) is 45.0 Å². The molecule has 1 N–H and O–H groups in total. The van der Waals surface area contributed by atoms with Crippen molar-refractivity contribution < 1.29 is 4.79 Å². The number of aryl methyl sites for hydroxylation is 4. The van der Waals surface area contributed by atoms with Crippen LogP contribution < -0.4 is 10.9 Å². The first-order chi connectivity index (χ1) is 15.2. The number of fused-ring (bicyclic) bond motifs is 1. The molecule has 1 unspecified atom stereocenters. The predicted octanol–water partition coefficient (Wildman–Crippen LogP) is 5.87. The van der Waals surface area contributed by atoms with E-state index in [-0.39, 0.29) is 11.5 Å². The Morgan fingerprint density at radius 1 is 1.03 bits per heavy atom. The first-order valence-corrected chi connectivity index (χ1v) is 11.5. The molecule has 0 aliphatic carbocycles. The van der Waals surface area contributed by atoms with E-state index in [1.54, 1.807) is 6.92 Å². The number of hydrogen-bond donors (Lipinski definition) is 1. The van der Waals surface area contributed by atoms with E-state index >= 15 is 0 Å². The van der Waals surface area contributed by atoms with Crippen LogP contribution in [0.2, 0.25) is 0 Å². The number of carbonyl (C=O) groups is 1. The summed E-state index contributed by atoms with van der Waals surface area (Å²) in [6.07, 6.45) is 1.48. The SMILES string of the molecule is Cc1ccc(-c2c(C)sc3ncn(C(C)C(=O)Nc4cccc(C)c4C)c(=O)c23)cc1C. The predicted molar refractivity (Wildman–Crippen MR) is 133 cm³/mol. The first-order valence-electron chi connectivity index (χ1n) is 10.6. The zero-order valence-electron chi connectivity index (χ0n) is 19.2. The Morgan fingerprint density at radius 2 is 1.78 bits per heavy atom. The Labute approximate surface area is 191 Å². The highest BCUT2D eigenvalue weighted by Gasteiger charge is 2.22. The number of benzene rings is 2. The number of amides is 1. The number of carbonyl (C=O) groups excluding carboxylic acids is 1. The van der Waals surface area contributed by atoms with E-state index in [9.17, 15) is 9.59 Å². The van der Waals surface area contributed by atoms with Crippen LogP contribution in [0, 0.1) is 34.6 Å². The fraction of sp³-hybridized carbons (Fsp3) is 0.269. The van der Waals surface area contributed by atoms with Gasteiger partial charge in [-0.2, -0.15) is 0 Å². The second kappa shape index (κ2) is 8.36. The maximum Gasteiger partial charge on any atom is 0.263 e. The highest BCUT2D eigenvalue weighted by molar-refractivity contribution is 7.19. The van der Waals surface area contributed by atoms with Crippen molar-refractivity contribution >= 4 is 33.1 Å². The molecule has 0 aliphatic rings. The van der Waals surface area contributed by atoms with E-state index < -0.39 is 6.04 Å². The van der Waals surface area contributed by atoms with Crippen LogP contribution in [0.15, 0.2) is 47.5 Å². The van der Waals surface area contributed by atoms with Crippen LogP contribution >= 0.6 is 11.3 Å². The summed E-state index contributed by atoms with van der Waals surface area (Å²) >= 11 is 1.51. The molecule has 6 heteroatoms. The third-order valence-corrected chi connectivity index (χ3v) is 7.28. The Morgan fingerprint density at radius 3 is 2.50 bits per heavy atom. The van der Waals surface area contributed by atoms with Crippen LogP contribution in [-0.4, -0.2) is 15.5 Å². The molecule has 164 valence electrons. The van der Waals surface area contributed by atoms with Gasteiger partial charge in [-0.1, -0.05) is 30.3 Å². The van der Waals surface area contributed by atoms with Crippen molar-refractivity contribution in [3.63, 3.8) is 0 Å². The Balaban J connectivity index is 1.78. The summed E-state index contributed by atoms with van der Waals surface area (Å²) in [5.74, 6) is -0.248. The lowest BCUT2D eigenvalue weighted by molar-refractivity contribution is -0.118. The second-order valence-electron chi connectivity index (χ2n) is 8.38. The lowest BCUT2D eigenvalue weighted by Crippen LogP contribution is -2.32. The second-order valence-corrected chi connectivity index (χ2v) is 9.59. The molecule has 2 heterocycles. The summed E-state index contributed by atoms with van der Waals surface area (Å²) in [6, 6.07) is 11.3. The Bertz CT molecular complexity index is 1410. The number of nitrogens with zero attached hydrogens (tertiary/aromatic N) is 2. The first kappa shape index (κ1) is 22.0. The van der Waals surface area contributed by atoms with Gasteiger partial charge in [0.25, 0.3) is 5.56 Å². The van der Waals surface area contributed by atoms with Crippen molar-refractivity contribution in [2.45, 2.75) is 47.6 Å². The maximum atomic E-state index is 13.6. The number of nitrogens with one attached hydrogen (secondary N) is 1. The molecule has 0 fully saturated rings. The van der Waals surface area contributed by atoms with Crippen molar-refractivity contribution in [1.82, 2.24) is 9.55 Å². The van der Waals surface area contributed by atoms with E-state index in [1.165, 1.54) is 33.4 Å². The summed E-state index contributed by atoms with van der Waals surface area (Å²) in [5.41, 5.74) is 6.96. The lowest BCUT2D eigenvalue weighted by Gasteiger charge is -2.17. The van der Waals surface area contributed by atoms with Crippen molar-refractivity contribution in [2.24, 2.45) is 0 Å². The molecule has 2 aromatic carbocycles.